The van der Waals surface area contributed by atoms with Crippen LogP contribution in [0, 0.1) is 5.92 Å². The Morgan fingerprint density at radius 1 is 1.18 bits per heavy atom. The van der Waals surface area contributed by atoms with Crippen molar-refractivity contribution in [3.8, 4) is 5.75 Å². The highest BCUT2D eigenvalue weighted by Crippen LogP contribution is 2.17. The Balaban J connectivity index is 0.00000280. The van der Waals surface area contributed by atoms with Gasteiger partial charge in [0.25, 0.3) is 0 Å². The summed E-state index contributed by atoms with van der Waals surface area (Å²) in [6.45, 7) is 8.69. The maximum Gasteiger partial charge on any atom is 0.194 e. The van der Waals surface area contributed by atoms with Gasteiger partial charge in [0.15, 0.2) is 5.96 Å². The molecule has 1 aliphatic heterocycles. The van der Waals surface area contributed by atoms with Crippen molar-refractivity contribution < 1.29 is 4.74 Å². The predicted molar refractivity (Wildman–Crippen MR) is 125 cm³/mol. The van der Waals surface area contributed by atoms with Crippen molar-refractivity contribution in [1.29, 1.82) is 0 Å². The molecule has 2 heterocycles. The lowest BCUT2D eigenvalue weighted by Gasteiger charge is -2.33. The zero-order chi connectivity index (χ0) is 18.9. The van der Waals surface area contributed by atoms with E-state index in [9.17, 15) is 0 Å². The van der Waals surface area contributed by atoms with Gasteiger partial charge in [-0.3, -0.25) is 4.98 Å². The van der Waals surface area contributed by atoms with Crippen molar-refractivity contribution in [1.82, 2.24) is 15.2 Å². The third-order valence-corrected chi connectivity index (χ3v) is 4.87. The molecule has 1 aliphatic rings. The predicted octanol–water partition coefficient (Wildman–Crippen LogP) is 4.48. The molecule has 0 amide bonds. The number of ether oxygens (including phenoxy) is 1. The van der Waals surface area contributed by atoms with Crippen molar-refractivity contribution in [2.24, 2.45) is 10.9 Å². The summed E-state index contributed by atoms with van der Waals surface area (Å²) < 4.78 is 5.80. The van der Waals surface area contributed by atoms with Crippen LogP contribution in [0.15, 0.2) is 53.7 Å². The number of benzene rings is 1. The van der Waals surface area contributed by atoms with Gasteiger partial charge < -0.3 is 15.0 Å². The number of hydrogen-bond donors (Lipinski definition) is 1. The number of piperidine rings is 1. The zero-order valence-corrected chi connectivity index (χ0v) is 19.1. The quantitative estimate of drug-likeness (QED) is 0.366. The van der Waals surface area contributed by atoms with Crippen LogP contribution in [0.4, 0.5) is 0 Å². The second-order valence-corrected chi connectivity index (χ2v) is 7.09. The van der Waals surface area contributed by atoms with E-state index in [-0.39, 0.29) is 24.0 Å². The molecule has 1 N–H and O–H groups in total. The average molecular weight is 494 g/mol. The average Bonchev–Trinajstić information content (AvgIpc) is 2.72. The smallest absolute Gasteiger partial charge is 0.194 e. The number of nitrogens with one attached hydrogen (secondary N) is 1. The molecule has 0 aliphatic carbocycles. The molecule has 1 aromatic heterocycles. The Hall–Kier alpha value is -1.83. The first-order valence-electron chi connectivity index (χ1n) is 9.89. The van der Waals surface area contributed by atoms with Crippen LogP contribution >= 0.6 is 24.0 Å². The van der Waals surface area contributed by atoms with E-state index in [4.69, 9.17) is 9.73 Å². The summed E-state index contributed by atoms with van der Waals surface area (Å²) >= 11 is 0. The molecule has 6 heteroatoms. The van der Waals surface area contributed by atoms with Crippen LogP contribution in [0.25, 0.3) is 0 Å². The number of halogens is 1. The molecule has 0 bridgehead atoms. The number of likely N-dealkylation sites (tertiary alicyclic amines) is 1. The van der Waals surface area contributed by atoms with E-state index in [0.717, 1.165) is 43.0 Å². The zero-order valence-electron chi connectivity index (χ0n) is 16.8. The lowest BCUT2D eigenvalue weighted by atomic mass is 10.00. The van der Waals surface area contributed by atoms with E-state index >= 15 is 0 Å². The molecule has 0 spiro atoms. The second-order valence-electron chi connectivity index (χ2n) is 7.09. The van der Waals surface area contributed by atoms with E-state index in [2.05, 4.69) is 41.2 Å². The van der Waals surface area contributed by atoms with Gasteiger partial charge in [-0.1, -0.05) is 25.1 Å². The molecule has 1 aromatic carbocycles. The largest absolute Gasteiger partial charge is 0.487 e. The summed E-state index contributed by atoms with van der Waals surface area (Å²) in [6, 6.07) is 14.0. The van der Waals surface area contributed by atoms with Crippen LogP contribution in [-0.2, 0) is 13.2 Å². The Kier molecular flexibility index (Phi) is 9.54. The fraction of sp³-hybridized carbons (Fsp3) is 0.455. The minimum atomic E-state index is 0. The molecule has 1 fully saturated rings. The molecule has 1 saturated heterocycles. The molecule has 0 atom stereocenters. The molecule has 152 valence electrons. The molecule has 5 nitrogen and oxygen atoms in total. The van der Waals surface area contributed by atoms with Crippen molar-refractivity contribution in [2.75, 3.05) is 19.6 Å². The van der Waals surface area contributed by atoms with Crippen LogP contribution in [0.2, 0.25) is 0 Å². The standard InChI is InChI=1S/C22H30N4O.HI/c1-3-23-22(26-14-11-18(2)12-15-26)25-16-19-7-9-21(10-8-19)27-17-20-6-4-5-13-24-20;/h4-10,13,18H,3,11-12,14-17H2,1-2H3,(H,23,25);1H. The van der Waals surface area contributed by atoms with Crippen molar-refractivity contribution in [3.05, 3.63) is 59.9 Å². The van der Waals surface area contributed by atoms with Gasteiger partial charge in [-0.25, -0.2) is 4.99 Å². The Morgan fingerprint density at radius 2 is 1.93 bits per heavy atom. The summed E-state index contributed by atoms with van der Waals surface area (Å²) in [5.41, 5.74) is 2.11. The molecule has 0 unspecified atom stereocenters. The third kappa shape index (κ3) is 6.96. The molecule has 28 heavy (non-hydrogen) atoms. The second kappa shape index (κ2) is 11.9. The minimum absolute atomic E-state index is 0. The number of pyridine rings is 1. The van der Waals surface area contributed by atoms with Crippen LogP contribution in [0.5, 0.6) is 5.75 Å². The monoisotopic (exact) mass is 494 g/mol. The highest BCUT2D eigenvalue weighted by Gasteiger charge is 2.18. The van der Waals surface area contributed by atoms with Crippen molar-refractivity contribution in [2.45, 2.75) is 39.8 Å². The van der Waals surface area contributed by atoms with E-state index in [1.54, 1.807) is 6.20 Å². The molecule has 2 aromatic rings. The SMILES string of the molecule is CCNC(=NCc1ccc(OCc2ccccn2)cc1)N1CCC(C)CC1.I. The Labute approximate surface area is 185 Å². The van der Waals surface area contributed by atoms with Crippen LogP contribution in [-0.4, -0.2) is 35.5 Å². The fourth-order valence-electron chi connectivity index (χ4n) is 3.14. The number of rotatable bonds is 6. The maximum atomic E-state index is 5.80. The maximum absolute atomic E-state index is 5.80. The highest BCUT2D eigenvalue weighted by atomic mass is 127. The van der Waals surface area contributed by atoms with Crippen molar-refractivity contribution in [3.63, 3.8) is 0 Å². The van der Waals surface area contributed by atoms with E-state index in [0.29, 0.717) is 13.2 Å². The van der Waals surface area contributed by atoms with E-state index in [1.165, 1.54) is 18.4 Å². The molecular formula is C22H31IN4O. The number of nitrogens with zero attached hydrogens (tertiary/aromatic N) is 3. The lowest BCUT2D eigenvalue weighted by molar-refractivity contribution is 0.273. The van der Waals surface area contributed by atoms with E-state index < -0.39 is 0 Å². The summed E-state index contributed by atoms with van der Waals surface area (Å²) in [7, 11) is 0. The summed E-state index contributed by atoms with van der Waals surface area (Å²) in [4.78, 5) is 11.5. The summed E-state index contributed by atoms with van der Waals surface area (Å²) in [5.74, 6) is 2.70. The van der Waals surface area contributed by atoms with Gasteiger partial charge in [0.1, 0.15) is 12.4 Å². The number of guanidine groups is 1. The third-order valence-electron chi connectivity index (χ3n) is 4.87. The van der Waals surface area contributed by atoms with Crippen molar-refractivity contribution >= 4 is 29.9 Å². The summed E-state index contributed by atoms with van der Waals surface area (Å²) in [6.07, 6.45) is 4.27. The first-order valence-corrected chi connectivity index (χ1v) is 9.89. The van der Waals surface area contributed by atoms with Gasteiger partial charge in [0.2, 0.25) is 0 Å². The molecule has 0 radical (unpaired) electrons. The van der Waals surface area contributed by atoms with Crippen LogP contribution in [0.3, 0.4) is 0 Å². The number of hydrogen-bond acceptors (Lipinski definition) is 3. The topological polar surface area (TPSA) is 49.8 Å². The fourth-order valence-corrected chi connectivity index (χ4v) is 3.14. The molecule has 0 saturated carbocycles. The Morgan fingerprint density at radius 3 is 2.57 bits per heavy atom. The number of aliphatic imine (C=N–C) groups is 1. The van der Waals surface area contributed by atoms with Gasteiger partial charge in [0.05, 0.1) is 12.2 Å². The Bertz CT molecular complexity index is 713. The van der Waals surface area contributed by atoms with Gasteiger partial charge in [-0.15, -0.1) is 24.0 Å². The van der Waals surface area contributed by atoms with Gasteiger partial charge in [0, 0.05) is 25.8 Å². The number of aromatic nitrogens is 1. The van der Waals surface area contributed by atoms with Crippen LogP contribution in [0.1, 0.15) is 37.9 Å². The normalized spacial score (nSPS) is 15.1. The van der Waals surface area contributed by atoms with E-state index in [1.807, 2.05) is 30.3 Å². The first-order chi connectivity index (χ1) is 13.2. The van der Waals surface area contributed by atoms with Gasteiger partial charge in [-0.2, -0.15) is 0 Å². The first kappa shape index (κ1) is 22.5. The molecular weight excluding hydrogens is 463 g/mol. The summed E-state index contributed by atoms with van der Waals surface area (Å²) in [5, 5.41) is 3.43. The van der Waals surface area contributed by atoms with Crippen LogP contribution < -0.4 is 10.1 Å². The minimum Gasteiger partial charge on any atom is -0.487 e. The van der Waals surface area contributed by atoms with Gasteiger partial charge >= 0.3 is 0 Å². The highest BCUT2D eigenvalue weighted by molar-refractivity contribution is 14.0. The molecule has 3 rings (SSSR count). The van der Waals surface area contributed by atoms with Gasteiger partial charge in [-0.05, 0) is 55.5 Å². The lowest BCUT2D eigenvalue weighted by Crippen LogP contribution is -2.45.